The Balaban J connectivity index is 1.98. The van der Waals surface area contributed by atoms with Crippen LogP contribution in [0.4, 0.5) is 0 Å². The van der Waals surface area contributed by atoms with E-state index in [2.05, 4.69) is 38.3 Å². The number of carbonyl (C=O) groups is 1. The summed E-state index contributed by atoms with van der Waals surface area (Å²) >= 11 is 0. The Morgan fingerprint density at radius 2 is 1.90 bits per heavy atom. The van der Waals surface area contributed by atoms with Gasteiger partial charge in [-0.15, -0.1) is 0 Å². The molecule has 20 heavy (non-hydrogen) atoms. The number of rotatable bonds is 3. The van der Waals surface area contributed by atoms with Crippen molar-refractivity contribution in [2.45, 2.75) is 78.3 Å². The summed E-state index contributed by atoms with van der Waals surface area (Å²) in [5.41, 5.74) is 0.0737. The Morgan fingerprint density at radius 1 is 1.20 bits per heavy atom. The van der Waals surface area contributed by atoms with Gasteiger partial charge in [0.25, 0.3) is 0 Å². The summed E-state index contributed by atoms with van der Waals surface area (Å²) in [7, 11) is 0. The van der Waals surface area contributed by atoms with Crippen LogP contribution in [0, 0.1) is 17.3 Å². The van der Waals surface area contributed by atoms with Crippen LogP contribution in [-0.2, 0) is 4.79 Å². The molecule has 1 amide bonds. The number of carbonyl (C=O) groups excluding carboxylic acids is 1. The molecule has 2 rings (SSSR count). The summed E-state index contributed by atoms with van der Waals surface area (Å²) in [6.07, 6.45) is 7.31. The Labute approximate surface area is 124 Å². The fourth-order valence-corrected chi connectivity index (χ4v) is 4.06. The van der Waals surface area contributed by atoms with Crippen molar-refractivity contribution in [1.82, 2.24) is 10.6 Å². The smallest absolute Gasteiger partial charge is 0.237 e. The lowest BCUT2D eigenvalue weighted by Crippen LogP contribution is -2.58. The van der Waals surface area contributed by atoms with Crippen molar-refractivity contribution in [3.05, 3.63) is 0 Å². The highest BCUT2D eigenvalue weighted by molar-refractivity contribution is 5.83. The highest BCUT2D eigenvalue weighted by Crippen LogP contribution is 2.33. The molecule has 1 heterocycles. The summed E-state index contributed by atoms with van der Waals surface area (Å²) in [5, 5.41) is 6.80. The van der Waals surface area contributed by atoms with Crippen molar-refractivity contribution in [2.24, 2.45) is 17.3 Å². The van der Waals surface area contributed by atoms with Gasteiger partial charge in [0.15, 0.2) is 0 Å². The summed E-state index contributed by atoms with van der Waals surface area (Å²) < 4.78 is 0. The fourth-order valence-electron chi connectivity index (χ4n) is 4.06. The molecule has 1 saturated heterocycles. The van der Waals surface area contributed by atoms with Gasteiger partial charge in [0, 0.05) is 6.04 Å². The molecule has 2 fully saturated rings. The van der Waals surface area contributed by atoms with Gasteiger partial charge in [0.1, 0.15) is 0 Å². The summed E-state index contributed by atoms with van der Waals surface area (Å²) in [6, 6.07) is 0.363. The van der Waals surface area contributed by atoms with Gasteiger partial charge in [-0.1, -0.05) is 40.5 Å². The highest BCUT2D eigenvalue weighted by atomic mass is 16.2. The van der Waals surface area contributed by atoms with Crippen molar-refractivity contribution in [3.63, 3.8) is 0 Å². The van der Waals surface area contributed by atoms with E-state index >= 15 is 0 Å². The molecule has 3 heteroatoms. The van der Waals surface area contributed by atoms with Crippen molar-refractivity contribution in [1.29, 1.82) is 0 Å². The summed E-state index contributed by atoms with van der Waals surface area (Å²) in [6.45, 7) is 9.98. The molecule has 1 aliphatic heterocycles. The maximum atomic E-state index is 12.7. The lowest BCUT2D eigenvalue weighted by molar-refractivity contribution is -0.128. The lowest BCUT2D eigenvalue weighted by atomic mass is 9.75. The first kappa shape index (κ1) is 15.8. The molecular weight excluding hydrogens is 248 g/mol. The average molecular weight is 280 g/mol. The Kier molecular flexibility index (Phi) is 5.11. The molecule has 116 valence electrons. The van der Waals surface area contributed by atoms with E-state index in [-0.39, 0.29) is 17.4 Å². The Morgan fingerprint density at radius 3 is 2.55 bits per heavy atom. The molecule has 0 spiro atoms. The van der Waals surface area contributed by atoms with Gasteiger partial charge in [-0.25, -0.2) is 0 Å². The number of piperidine rings is 1. The molecule has 0 aromatic rings. The van der Waals surface area contributed by atoms with Crippen molar-refractivity contribution < 1.29 is 4.79 Å². The maximum Gasteiger partial charge on any atom is 0.237 e. The Bertz CT molecular complexity index is 338. The van der Waals surface area contributed by atoms with E-state index in [1.54, 1.807) is 0 Å². The third-order valence-corrected chi connectivity index (χ3v) is 5.39. The second kappa shape index (κ2) is 6.46. The van der Waals surface area contributed by atoms with Crippen LogP contribution in [0.2, 0.25) is 0 Å². The number of amides is 1. The first-order valence-electron chi connectivity index (χ1n) is 8.45. The van der Waals surface area contributed by atoms with Crippen LogP contribution in [0.1, 0.15) is 66.2 Å². The summed E-state index contributed by atoms with van der Waals surface area (Å²) in [4.78, 5) is 12.7. The van der Waals surface area contributed by atoms with E-state index in [0.29, 0.717) is 17.9 Å². The minimum absolute atomic E-state index is 0.0222. The molecule has 1 saturated carbocycles. The van der Waals surface area contributed by atoms with E-state index in [9.17, 15) is 4.79 Å². The first-order chi connectivity index (χ1) is 9.42. The molecule has 2 N–H and O–H groups in total. The minimum atomic E-state index is -0.0222. The molecule has 3 nitrogen and oxygen atoms in total. The highest BCUT2D eigenvalue weighted by Gasteiger charge is 2.39. The SMILES string of the molecule is CC(C)C1CCCCC1NC(=O)C1NCCCC1(C)C. The second-order valence-corrected chi connectivity index (χ2v) is 7.79. The molecule has 0 bridgehead atoms. The van der Waals surface area contributed by atoms with Crippen LogP contribution in [0.25, 0.3) is 0 Å². The minimum Gasteiger partial charge on any atom is -0.352 e. The van der Waals surface area contributed by atoms with Crippen LogP contribution >= 0.6 is 0 Å². The van der Waals surface area contributed by atoms with E-state index in [4.69, 9.17) is 0 Å². The van der Waals surface area contributed by atoms with Crippen LogP contribution in [0.5, 0.6) is 0 Å². The largest absolute Gasteiger partial charge is 0.352 e. The van der Waals surface area contributed by atoms with Gasteiger partial charge in [-0.2, -0.15) is 0 Å². The maximum absolute atomic E-state index is 12.7. The van der Waals surface area contributed by atoms with E-state index in [1.807, 2.05) is 0 Å². The van der Waals surface area contributed by atoms with E-state index < -0.39 is 0 Å². The van der Waals surface area contributed by atoms with Crippen LogP contribution < -0.4 is 10.6 Å². The number of hydrogen-bond acceptors (Lipinski definition) is 2. The van der Waals surface area contributed by atoms with E-state index in [0.717, 1.165) is 19.4 Å². The monoisotopic (exact) mass is 280 g/mol. The van der Waals surface area contributed by atoms with Gasteiger partial charge >= 0.3 is 0 Å². The van der Waals surface area contributed by atoms with Gasteiger partial charge in [0.2, 0.25) is 5.91 Å². The number of hydrogen-bond donors (Lipinski definition) is 2. The fraction of sp³-hybridized carbons (Fsp3) is 0.941. The second-order valence-electron chi connectivity index (χ2n) is 7.79. The van der Waals surface area contributed by atoms with Crippen molar-refractivity contribution in [3.8, 4) is 0 Å². The van der Waals surface area contributed by atoms with Crippen molar-refractivity contribution in [2.75, 3.05) is 6.54 Å². The van der Waals surface area contributed by atoms with Gasteiger partial charge in [0.05, 0.1) is 6.04 Å². The molecule has 0 radical (unpaired) electrons. The van der Waals surface area contributed by atoms with E-state index in [1.165, 1.54) is 25.7 Å². The van der Waals surface area contributed by atoms with Crippen LogP contribution in [0.3, 0.4) is 0 Å². The zero-order valence-electron chi connectivity index (χ0n) is 13.7. The third kappa shape index (κ3) is 3.55. The molecule has 2 aliphatic rings. The predicted octanol–water partition coefficient (Wildman–Crippen LogP) is 3.10. The molecule has 3 atom stereocenters. The molecule has 1 aliphatic carbocycles. The predicted molar refractivity (Wildman–Crippen MR) is 83.5 cm³/mol. The Hall–Kier alpha value is -0.570. The first-order valence-corrected chi connectivity index (χ1v) is 8.45. The standard InChI is InChI=1S/C17H32N2O/c1-12(2)13-8-5-6-9-14(13)19-16(20)15-17(3,4)10-7-11-18-15/h12-15,18H,5-11H2,1-4H3,(H,19,20). The van der Waals surface area contributed by atoms with Gasteiger partial charge < -0.3 is 10.6 Å². The van der Waals surface area contributed by atoms with Crippen molar-refractivity contribution >= 4 is 5.91 Å². The third-order valence-electron chi connectivity index (χ3n) is 5.39. The normalized spacial score (nSPS) is 34.0. The van der Waals surface area contributed by atoms with Crippen LogP contribution in [0.15, 0.2) is 0 Å². The van der Waals surface area contributed by atoms with Crippen LogP contribution in [-0.4, -0.2) is 24.5 Å². The summed E-state index contributed by atoms with van der Waals surface area (Å²) in [5.74, 6) is 1.54. The molecule has 3 unspecified atom stereocenters. The zero-order chi connectivity index (χ0) is 14.8. The molecule has 0 aromatic carbocycles. The van der Waals surface area contributed by atoms with Gasteiger partial charge in [-0.05, 0) is 49.5 Å². The topological polar surface area (TPSA) is 41.1 Å². The molecule has 0 aromatic heterocycles. The van der Waals surface area contributed by atoms with Gasteiger partial charge in [-0.3, -0.25) is 4.79 Å². The number of nitrogens with one attached hydrogen (secondary N) is 2. The zero-order valence-corrected chi connectivity index (χ0v) is 13.7. The average Bonchev–Trinajstić information content (AvgIpc) is 2.38. The lowest BCUT2D eigenvalue weighted by Gasteiger charge is -2.41. The quantitative estimate of drug-likeness (QED) is 0.834. The molecular formula is C17H32N2O.